The number of hydrogen-bond acceptors (Lipinski definition) is 3. The topological polar surface area (TPSA) is 21.7 Å². The Morgan fingerprint density at radius 1 is 1.45 bits per heavy atom. The minimum Gasteiger partial charge on any atom is -0.377 e. The molecule has 0 aromatic rings. The predicted molar refractivity (Wildman–Crippen MR) is 41.6 cm³/mol. The van der Waals surface area contributed by atoms with Gasteiger partial charge in [-0.2, -0.15) is 0 Å². The normalized spacial score (nSPS) is 39.0. The molecule has 2 aliphatic rings. The summed E-state index contributed by atoms with van der Waals surface area (Å²) in [7, 11) is 0. The number of morpholine rings is 1. The van der Waals surface area contributed by atoms with E-state index in [1.54, 1.807) is 0 Å². The molecule has 0 N–H and O–H groups in total. The van der Waals surface area contributed by atoms with Crippen molar-refractivity contribution in [3.63, 3.8) is 0 Å². The Kier molecular flexibility index (Phi) is 2.11. The van der Waals surface area contributed by atoms with Crippen molar-refractivity contribution < 1.29 is 9.47 Å². The van der Waals surface area contributed by atoms with E-state index >= 15 is 0 Å². The highest BCUT2D eigenvalue weighted by atomic mass is 16.6. The van der Waals surface area contributed by atoms with Gasteiger partial charge in [-0.15, -0.1) is 0 Å². The van der Waals surface area contributed by atoms with Crippen molar-refractivity contribution >= 4 is 0 Å². The van der Waals surface area contributed by atoms with Gasteiger partial charge in [-0.3, -0.25) is 4.90 Å². The summed E-state index contributed by atoms with van der Waals surface area (Å²) in [5.41, 5.74) is 0. The zero-order valence-electron chi connectivity index (χ0n) is 6.95. The Labute approximate surface area is 67.3 Å². The molecule has 0 spiro atoms. The molecule has 3 heteroatoms. The van der Waals surface area contributed by atoms with Gasteiger partial charge < -0.3 is 9.47 Å². The second kappa shape index (κ2) is 3.09. The number of ether oxygens (including phenoxy) is 2. The monoisotopic (exact) mass is 157 g/mol. The fourth-order valence-electron chi connectivity index (χ4n) is 1.90. The van der Waals surface area contributed by atoms with Gasteiger partial charge in [0.2, 0.25) is 0 Å². The van der Waals surface area contributed by atoms with Crippen LogP contribution in [-0.2, 0) is 9.47 Å². The van der Waals surface area contributed by atoms with Crippen molar-refractivity contribution in [1.82, 2.24) is 4.90 Å². The van der Waals surface area contributed by atoms with Gasteiger partial charge in [-0.05, 0) is 6.54 Å². The van der Waals surface area contributed by atoms with Crippen LogP contribution < -0.4 is 0 Å². The summed E-state index contributed by atoms with van der Waals surface area (Å²) < 4.78 is 10.9. The molecule has 2 saturated heterocycles. The molecule has 0 bridgehead atoms. The average molecular weight is 157 g/mol. The molecule has 64 valence electrons. The fourth-order valence-corrected chi connectivity index (χ4v) is 1.90. The number of hydrogen-bond donors (Lipinski definition) is 0. The van der Waals surface area contributed by atoms with E-state index in [4.69, 9.17) is 9.47 Å². The van der Waals surface area contributed by atoms with E-state index < -0.39 is 0 Å². The van der Waals surface area contributed by atoms with Crippen molar-refractivity contribution in [3.8, 4) is 0 Å². The van der Waals surface area contributed by atoms with Crippen LogP contribution in [0.1, 0.15) is 6.92 Å². The summed E-state index contributed by atoms with van der Waals surface area (Å²) in [4.78, 5) is 2.45. The molecule has 2 unspecified atom stereocenters. The van der Waals surface area contributed by atoms with Gasteiger partial charge in [0.05, 0.1) is 32.0 Å². The summed E-state index contributed by atoms with van der Waals surface area (Å²) >= 11 is 0. The van der Waals surface area contributed by atoms with E-state index in [1.165, 1.54) is 0 Å². The second-order valence-corrected chi connectivity index (χ2v) is 3.14. The van der Waals surface area contributed by atoms with Crippen LogP contribution in [0, 0.1) is 0 Å². The third-order valence-corrected chi connectivity index (χ3v) is 2.59. The Balaban J connectivity index is 2.00. The molecule has 2 aliphatic heterocycles. The zero-order valence-corrected chi connectivity index (χ0v) is 6.95. The van der Waals surface area contributed by atoms with E-state index in [9.17, 15) is 0 Å². The second-order valence-electron chi connectivity index (χ2n) is 3.14. The van der Waals surface area contributed by atoms with Gasteiger partial charge in [0.25, 0.3) is 0 Å². The minimum absolute atomic E-state index is 0.351. The third kappa shape index (κ3) is 1.28. The number of fused-ring (bicyclic) bond motifs is 1. The largest absolute Gasteiger partial charge is 0.377 e. The molecule has 0 amide bonds. The van der Waals surface area contributed by atoms with Gasteiger partial charge in [0.15, 0.2) is 0 Å². The van der Waals surface area contributed by atoms with Gasteiger partial charge >= 0.3 is 0 Å². The summed E-state index contributed by atoms with van der Waals surface area (Å²) in [5, 5.41) is 0. The maximum Gasteiger partial charge on any atom is 0.0986 e. The Bertz CT molecular complexity index is 140. The summed E-state index contributed by atoms with van der Waals surface area (Å²) in [5.74, 6) is 0. The zero-order chi connectivity index (χ0) is 7.68. The Morgan fingerprint density at radius 2 is 2.36 bits per heavy atom. The molecule has 0 aliphatic carbocycles. The van der Waals surface area contributed by atoms with Crippen LogP contribution in [0.2, 0.25) is 0 Å². The summed E-state index contributed by atoms with van der Waals surface area (Å²) in [6.45, 7) is 6.91. The lowest BCUT2D eigenvalue weighted by Crippen LogP contribution is -2.50. The predicted octanol–water partition coefficient (Wildman–Crippen LogP) is 0.106. The van der Waals surface area contributed by atoms with Crippen LogP contribution in [0.25, 0.3) is 0 Å². The average Bonchev–Trinajstić information content (AvgIpc) is 2.50. The molecule has 2 atom stereocenters. The summed E-state index contributed by atoms with van der Waals surface area (Å²) in [6, 6.07) is 0.536. The molecular weight excluding hydrogens is 142 g/mol. The van der Waals surface area contributed by atoms with Crippen LogP contribution in [0.15, 0.2) is 0 Å². The molecule has 2 rings (SSSR count). The molecule has 11 heavy (non-hydrogen) atoms. The lowest BCUT2D eigenvalue weighted by Gasteiger charge is -2.35. The highest BCUT2D eigenvalue weighted by molar-refractivity contribution is 4.87. The van der Waals surface area contributed by atoms with E-state index in [0.717, 1.165) is 32.9 Å². The van der Waals surface area contributed by atoms with Crippen molar-refractivity contribution in [2.24, 2.45) is 0 Å². The van der Waals surface area contributed by atoms with Crippen LogP contribution in [0.5, 0.6) is 0 Å². The van der Waals surface area contributed by atoms with E-state index in [-0.39, 0.29) is 0 Å². The molecule has 2 heterocycles. The molecule has 0 aromatic heterocycles. The molecular formula is C8H15NO2. The third-order valence-electron chi connectivity index (χ3n) is 2.59. The lowest BCUT2D eigenvalue weighted by atomic mass is 10.1. The van der Waals surface area contributed by atoms with Crippen molar-refractivity contribution in [3.05, 3.63) is 0 Å². The van der Waals surface area contributed by atoms with Crippen molar-refractivity contribution in [2.45, 2.75) is 19.1 Å². The van der Waals surface area contributed by atoms with Crippen LogP contribution in [0.4, 0.5) is 0 Å². The standard InChI is InChI=1S/C8H15NO2/c1-2-9-3-4-11-8-6-10-5-7(8)9/h7-8H,2-6H2,1H3. The van der Waals surface area contributed by atoms with Crippen LogP contribution in [-0.4, -0.2) is 50.0 Å². The van der Waals surface area contributed by atoms with Crippen LogP contribution >= 0.6 is 0 Å². The quantitative estimate of drug-likeness (QED) is 0.539. The molecule has 0 radical (unpaired) electrons. The fraction of sp³-hybridized carbons (Fsp3) is 1.00. The molecule has 2 fully saturated rings. The van der Waals surface area contributed by atoms with Gasteiger partial charge in [-0.1, -0.05) is 6.92 Å². The van der Waals surface area contributed by atoms with Gasteiger partial charge in [-0.25, -0.2) is 0 Å². The first kappa shape index (κ1) is 7.53. The summed E-state index contributed by atoms with van der Waals surface area (Å²) in [6.07, 6.45) is 0.351. The van der Waals surface area contributed by atoms with Gasteiger partial charge in [0.1, 0.15) is 0 Å². The first-order valence-electron chi connectivity index (χ1n) is 4.35. The van der Waals surface area contributed by atoms with Crippen LogP contribution in [0.3, 0.4) is 0 Å². The maximum absolute atomic E-state index is 5.57. The lowest BCUT2D eigenvalue weighted by molar-refractivity contribution is -0.0460. The Hall–Kier alpha value is -0.120. The van der Waals surface area contributed by atoms with E-state index in [0.29, 0.717) is 12.1 Å². The number of likely N-dealkylation sites (N-methyl/N-ethyl adjacent to an activating group) is 1. The SMILES string of the molecule is CCN1CCOC2COCC21. The maximum atomic E-state index is 5.57. The Morgan fingerprint density at radius 3 is 3.18 bits per heavy atom. The first-order chi connectivity index (χ1) is 5.42. The van der Waals surface area contributed by atoms with E-state index in [1.807, 2.05) is 0 Å². The first-order valence-corrected chi connectivity index (χ1v) is 4.35. The smallest absolute Gasteiger partial charge is 0.0986 e. The van der Waals surface area contributed by atoms with Crippen molar-refractivity contribution in [2.75, 3.05) is 32.9 Å². The highest BCUT2D eigenvalue weighted by Crippen LogP contribution is 2.19. The van der Waals surface area contributed by atoms with Crippen molar-refractivity contribution in [1.29, 1.82) is 0 Å². The number of rotatable bonds is 1. The molecule has 0 aromatic carbocycles. The van der Waals surface area contributed by atoms with E-state index in [2.05, 4.69) is 11.8 Å². The molecule has 0 saturated carbocycles. The number of nitrogens with zero attached hydrogens (tertiary/aromatic N) is 1. The highest BCUT2D eigenvalue weighted by Gasteiger charge is 2.35. The van der Waals surface area contributed by atoms with Gasteiger partial charge in [0, 0.05) is 6.54 Å². The minimum atomic E-state index is 0.351. The molecule has 3 nitrogen and oxygen atoms in total.